The molecule has 1 amide bonds. The van der Waals surface area contributed by atoms with Crippen LogP contribution in [0, 0.1) is 0 Å². The maximum atomic E-state index is 13.3. The summed E-state index contributed by atoms with van der Waals surface area (Å²) >= 11 is 0. The molecule has 136 valence electrons. The van der Waals surface area contributed by atoms with E-state index < -0.39 is 5.97 Å². The molecule has 2 heterocycles. The minimum atomic E-state index is -0.866. The molecule has 6 heteroatoms. The second-order valence-corrected chi connectivity index (χ2v) is 7.14. The van der Waals surface area contributed by atoms with E-state index in [1.807, 2.05) is 24.3 Å². The number of aromatic nitrogens is 1. The molecule has 0 bridgehead atoms. The van der Waals surface area contributed by atoms with Gasteiger partial charge in [0.05, 0.1) is 24.6 Å². The Bertz CT molecular complexity index is 875. The maximum Gasteiger partial charge on any atom is 0.305 e. The zero-order valence-electron chi connectivity index (χ0n) is 14.8. The largest absolute Gasteiger partial charge is 0.497 e. The SMILES string of the molecule is COc1ccc2nc(C3CC3)cc(C(=O)N3CCCC3CC(=O)O)c2c1. The molecule has 1 unspecified atom stereocenters. The Morgan fingerprint density at radius 2 is 2.08 bits per heavy atom. The van der Waals surface area contributed by atoms with Crippen molar-refractivity contribution >= 4 is 22.8 Å². The number of likely N-dealkylation sites (tertiary alicyclic amines) is 1. The molecule has 2 aromatic rings. The number of carbonyl (C=O) groups is 2. The molecule has 1 aliphatic heterocycles. The predicted octanol–water partition coefficient (Wildman–Crippen LogP) is 3.20. The van der Waals surface area contributed by atoms with Gasteiger partial charge in [-0.05, 0) is 49.9 Å². The summed E-state index contributed by atoms with van der Waals surface area (Å²) in [4.78, 5) is 30.9. The summed E-state index contributed by atoms with van der Waals surface area (Å²) in [6.07, 6.45) is 3.78. The number of aliphatic carboxylic acids is 1. The van der Waals surface area contributed by atoms with E-state index >= 15 is 0 Å². The van der Waals surface area contributed by atoms with Crippen LogP contribution in [0.25, 0.3) is 10.9 Å². The van der Waals surface area contributed by atoms with Gasteiger partial charge in [-0.15, -0.1) is 0 Å². The first-order chi connectivity index (χ1) is 12.6. The molecule has 1 saturated carbocycles. The molecule has 0 radical (unpaired) electrons. The number of carboxylic acid groups (broad SMARTS) is 1. The number of methoxy groups -OCH3 is 1. The number of pyridine rings is 1. The predicted molar refractivity (Wildman–Crippen MR) is 96.6 cm³/mol. The molecule has 2 fully saturated rings. The molecule has 6 nitrogen and oxygen atoms in total. The third-order valence-corrected chi connectivity index (χ3v) is 5.31. The van der Waals surface area contributed by atoms with Gasteiger partial charge < -0.3 is 14.7 Å². The molecular formula is C20H22N2O4. The highest BCUT2D eigenvalue weighted by molar-refractivity contribution is 6.07. The van der Waals surface area contributed by atoms with E-state index in [1.54, 1.807) is 12.0 Å². The van der Waals surface area contributed by atoms with E-state index in [-0.39, 0.29) is 18.4 Å². The summed E-state index contributed by atoms with van der Waals surface area (Å²) in [7, 11) is 1.60. The van der Waals surface area contributed by atoms with Gasteiger partial charge >= 0.3 is 5.97 Å². The molecule has 4 rings (SSSR count). The second-order valence-electron chi connectivity index (χ2n) is 7.14. The van der Waals surface area contributed by atoms with Crippen molar-refractivity contribution in [3.05, 3.63) is 35.5 Å². The molecule has 2 aliphatic rings. The number of benzene rings is 1. The Balaban J connectivity index is 1.77. The number of ether oxygens (including phenoxy) is 1. The van der Waals surface area contributed by atoms with Crippen molar-refractivity contribution in [2.45, 2.75) is 44.1 Å². The smallest absolute Gasteiger partial charge is 0.305 e. The minimum absolute atomic E-state index is 0.00639. The Morgan fingerprint density at radius 3 is 2.77 bits per heavy atom. The average Bonchev–Trinajstić information content (AvgIpc) is 3.39. The van der Waals surface area contributed by atoms with Gasteiger partial charge in [0.1, 0.15) is 5.75 Å². The van der Waals surface area contributed by atoms with Crippen LogP contribution in [-0.4, -0.2) is 46.6 Å². The van der Waals surface area contributed by atoms with Gasteiger partial charge in [-0.3, -0.25) is 14.6 Å². The number of amides is 1. The van der Waals surface area contributed by atoms with Gasteiger partial charge in [0, 0.05) is 29.6 Å². The van der Waals surface area contributed by atoms with Crippen LogP contribution in [0.5, 0.6) is 5.75 Å². The van der Waals surface area contributed by atoms with Gasteiger partial charge in [0.25, 0.3) is 5.91 Å². The quantitative estimate of drug-likeness (QED) is 0.892. The lowest BCUT2D eigenvalue weighted by atomic mass is 10.0. The highest BCUT2D eigenvalue weighted by Crippen LogP contribution is 2.41. The molecule has 1 aromatic heterocycles. The van der Waals surface area contributed by atoms with Crippen molar-refractivity contribution in [2.75, 3.05) is 13.7 Å². The first kappa shape index (κ1) is 16.8. The summed E-state index contributed by atoms with van der Waals surface area (Å²) < 4.78 is 5.32. The van der Waals surface area contributed by atoms with Crippen LogP contribution < -0.4 is 4.74 Å². The zero-order chi connectivity index (χ0) is 18.3. The Hall–Kier alpha value is -2.63. The van der Waals surface area contributed by atoms with Crippen molar-refractivity contribution in [2.24, 2.45) is 0 Å². The fraction of sp³-hybridized carbons (Fsp3) is 0.450. The van der Waals surface area contributed by atoms with Crippen molar-refractivity contribution in [3.8, 4) is 5.75 Å². The van der Waals surface area contributed by atoms with E-state index in [4.69, 9.17) is 14.8 Å². The lowest BCUT2D eigenvalue weighted by Crippen LogP contribution is -2.37. The van der Waals surface area contributed by atoms with Gasteiger partial charge in [-0.25, -0.2) is 0 Å². The van der Waals surface area contributed by atoms with E-state index in [9.17, 15) is 9.59 Å². The number of carbonyl (C=O) groups excluding carboxylic acids is 1. The molecule has 1 atom stereocenters. The maximum absolute atomic E-state index is 13.3. The number of fused-ring (bicyclic) bond motifs is 1. The third-order valence-electron chi connectivity index (χ3n) is 5.31. The first-order valence-electron chi connectivity index (χ1n) is 9.08. The van der Waals surface area contributed by atoms with Gasteiger partial charge in [-0.1, -0.05) is 0 Å². The van der Waals surface area contributed by atoms with E-state index in [0.29, 0.717) is 23.8 Å². The van der Waals surface area contributed by atoms with E-state index in [1.165, 1.54) is 0 Å². The Labute approximate surface area is 151 Å². The van der Waals surface area contributed by atoms with E-state index in [0.717, 1.165) is 42.3 Å². The van der Waals surface area contributed by atoms with Gasteiger partial charge in [0.2, 0.25) is 0 Å². The number of hydrogen-bond acceptors (Lipinski definition) is 4. The molecule has 1 aliphatic carbocycles. The number of nitrogens with zero attached hydrogens (tertiary/aromatic N) is 2. The lowest BCUT2D eigenvalue weighted by Gasteiger charge is -2.24. The van der Waals surface area contributed by atoms with Crippen LogP contribution >= 0.6 is 0 Å². The average molecular weight is 354 g/mol. The fourth-order valence-electron chi connectivity index (χ4n) is 3.79. The third kappa shape index (κ3) is 3.11. The second kappa shape index (κ2) is 6.59. The molecule has 1 saturated heterocycles. The van der Waals surface area contributed by atoms with Crippen molar-refractivity contribution in [1.82, 2.24) is 9.88 Å². The fourth-order valence-corrected chi connectivity index (χ4v) is 3.79. The normalized spacial score (nSPS) is 19.7. The van der Waals surface area contributed by atoms with E-state index in [2.05, 4.69) is 0 Å². The van der Waals surface area contributed by atoms with Crippen LogP contribution in [-0.2, 0) is 4.79 Å². The summed E-state index contributed by atoms with van der Waals surface area (Å²) in [5, 5.41) is 9.91. The number of rotatable bonds is 5. The molecule has 26 heavy (non-hydrogen) atoms. The number of hydrogen-bond donors (Lipinski definition) is 1. The Morgan fingerprint density at radius 1 is 1.27 bits per heavy atom. The molecule has 0 spiro atoms. The minimum Gasteiger partial charge on any atom is -0.497 e. The summed E-state index contributed by atoms with van der Waals surface area (Å²) in [5.74, 6) is 0.142. The van der Waals surface area contributed by atoms with Crippen LogP contribution in [0.15, 0.2) is 24.3 Å². The van der Waals surface area contributed by atoms with Gasteiger partial charge in [-0.2, -0.15) is 0 Å². The summed E-state index contributed by atoms with van der Waals surface area (Å²) in [6.45, 7) is 0.601. The topological polar surface area (TPSA) is 79.7 Å². The Kier molecular flexibility index (Phi) is 4.26. The standard InChI is InChI=1S/C20H22N2O4/c1-26-14-6-7-17-15(10-14)16(11-18(21-17)12-4-5-12)20(25)22-8-2-3-13(22)9-19(23)24/h6-7,10-13H,2-5,8-9H2,1H3,(H,23,24). The number of carboxylic acids is 1. The zero-order valence-corrected chi connectivity index (χ0v) is 14.8. The highest BCUT2D eigenvalue weighted by atomic mass is 16.5. The molecule has 1 aromatic carbocycles. The summed E-state index contributed by atoms with van der Waals surface area (Å²) in [6, 6.07) is 7.24. The highest BCUT2D eigenvalue weighted by Gasteiger charge is 2.33. The lowest BCUT2D eigenvalue weighted by molar-refractivity contribution is -0.137. The van der Waals surface area contributed by atoms with Crippen molar-refractivity contribution in [3.63, 3.8) is 0 Å². The summed E-state index contributed by atoms with van der Waals surface area (Å²) in [5.41, 5.74) is 2.35. The van der Waals surface area contributed by atoms with Crippen molar-refractivity contribution < 1.29 is 19.4 Å². The molecular weight excluding hydrogens is 332 g/mol. The van der Waals surface area contributed by atoms with Crippen LogP contribution in [0.4, 0.5) is 0 Å². The first-order valence-corrected chi connectivity index (χ1v) is 9.08. The van der Waals surface area contributed by atoms with Crippen molar-refractivity contribution in [1.29, 1.82) is 0 Å². The van der Waals surface area contributed by atoms with Crippen LogP contribution in [0.3, 0.4) is 0 Å². The van der Waals surface area contributed by atoms with Crippen LogP contribution in [0.2, 0.25) is 0 Å². The monoisotopic (exact) mass is 354 g/mol. The van der Waals surface area contributed by atoms with Crippen LogP contribution in [0.1, 0.15) is 54.1 Å². The van der Waals surface area contributed by atoms with Gasteiger partial charge in [0.15, 0.2) is 0 Å². The molecule has 1 N–H and O–H groups in total.